The molecule has 2 heterocycles. The van der Waals surface area contributed by atoms with Crippen LogP contribution < -0.4 is 5.32 Å². The third kappa shape index (κ3) is 3.32. The lowest BCUT2D eigenvalue weighted by atomic mass is 10.0. The number of carbonyl (C=O) groups is 2. The largest absolute Gasteiger partial charge is 0.373 e. The molecule has 2 saturated heterocycles. The number of hydrogen-bond acceptors (Lipinski definition) is 3. The van der Waals surface area contributed by atoms with Gasteiger partial charge in [0.05, 0.1) is 12.2 Å². The van der Waals surface area contributed by atoms with Crippen LogP contribution in [0.5, 0.6) is 0 Å². The van der Waals surface area contributed by atoms with Crippen LogP contribution in [0.25, 0.3) is 0 Å². The second-order valence-corrected chi connectivity index (χ2v) is 6.48. The van der Waals surface area contributed by atoms with Crippen LogP contribution in [0, 0.1) is 5.92 Å². The molecule has 0 aromatic carbocycles. The second kappa shape index (κ2) is 6.12. The molecule has 20 heavy (non-hydrogen) atoms. The molecule has 0 radical (unpaired) electrons. The van der Waals surface area contributed by atoms with Crippen molar-refractivity contribution in [2.45, 2.75) is 71.2 Å². The maximum atomic E-state index is 12.7. The van der Waals surface area contributed by atoms with E-state index in [0.29, 0.717) is 13.0 Å². The number of nitrogens with zero attached hydrogens (tertiary/aromatic N) is 1. The summed E-state index contributed by atoms with van der Waals surface area (Å²) in [5.74, 6) is 0.0944. The van der Waals surface area contributed by atoms with Crippen LogP contribution in [0.1, 0.15) is 47.0 Å². The fraction of sp³-hybridized carbons (Fsp3) is 0.867. The first kappa shape index (κ1) is 15.3. The van der Waals surface area contributed by atoms with Crippen molar-refractivity contribution < 1.29 is 14.3 Å². The smallest absolute Gasteiger partial charge is 0.245 e. The zero-order valence-corrected chi connectivity index (χ0v) is 12.9. The van der Waals surface area contributed by atoms with E-state index < -0.39 is 6.04 Å². The Morgan fingerprint density at radius 1 is 1.30 bits per heavy atom. The normalized spacial score (nSPS) is 35.4. The van der Waals surface area contributed by atoms with Crippen LogP contribution in [0.3, 0.4) is 0 Å². The molecule has 0 aromatic rings. The summed E-state index contributed by atoms with van der Waals surface area (Å²) in [4.78, 5) is 26.4. The van der Waals surface area contributed by atoms with Gasteiger partial charge in [-0.15, -0.1) is 0 Å². The van der Waals surface area contributed by atoms with E-state index in [2.05, 4.69) is 12.2 Å². The van der Waals surface area contributed by atoms with Crippen molar-refractivity contribution in [2.24, 2.45) is 5.92 Å². The molecule has 1 N–H and O–H groups in total. The number of rotatable bonds is 3. The number of nitrogens with one attached hydrogen (secondary N) is 1. The van der Waals surface area contributed by atoms with Crippen LogP contribution in [-0.2, 0) is 14.3 Å². The van der Waals surface area contributed by atoms with Crippen molar-refractivity contribution in [3.8, 4) is 0 Å². The first-order chi connectivity index (χ1) is 9.38. The summed E-state index contributed by atoms with van der Waals surface area (Å²) in [7, 11) is 0. The van der Waals surface area contributed by atoms with Gasteiger partial charge in [-0.25, -0.2) is 0 Å². The van der Waals surface area contributed by atoms with Crippen molar-refractivity contribution in [3.63, 3.8) is 0 Å². The lowest BCUT2D eigenvalue weighted by molar-refractivity contribution is -0.138. The standard InChI is InChI=1S/C15H26N2O3/c1-9(2)14-15(19)17(10(3)7-13(18)16-14)8-12-6-5-11(4)20-12/h9-12,14H,5-8H2,1-4H3,(H,16,18). The number of hydrogen-bond donors (Lipinski definition) is 1. The zero-order chi connectivity index (χ0) is 14.9. The Morgan fingerprint density at radius 2 is 2.00 bits per heavy atom. The summed E-state index contributed by atoms with van der Waals surface area (Å²) < 4.78 is 5.82. The fourth-order valence-electron chi connectivity index (χ4n) is 3.03. The fourth-order valence-corrected chi connectivity index (χ4v) is 3.03. The second-order valence-electron chi connectivity index (χ2n) is 6.48. The van der Waals surface area contributed by atoms with E-state index in [0.717, 1.165) is 12.8 Å². The molecule has 5 heteroatoms. The van der Waals surface area contributed by atoms with Gasteiger partial charge in [0, 0.05) is 19.0 Å². The van der Waals surface area contributed by atoms with Gasteiger partial charge in [-0.3, -0.25) is 9.59 Å². The van der Waals surface area contributed by atoms with Crippen molar-refractivity contribution in [1.29, 1.82) is 0 Å². The molecule has 2 amide bonds. The topological polar surface area (TPSA) is 58.6 Å². The quantitative estimate of drug-likeness (QED) is 0.849. The van der Waals surface area contributed by atoms with Gasteiger partial charge in [0.15, 0.2) is 0 Å². The molecule has 114 valence electrons. The van der Waals surface area contributed by atoms with Gasteiger partial charge in [-0.05, 0) is 32.6 Å². The Bertz CT molecular complexity index is 383. The van der Waals surface area contributed by atoms with Crippen LogP contribution in [0.4, 0.5) is 0 Å². The van der Waals surface area contributed by atoms with Crippen molar-refractivity contribution >= 4 is 11.8 Å². The lowest BCUT2D eigenvalue weighted by Crippen LogP contribution is -2.50. The Labute approximate surface area is 121 Å². The molecule has 0 spiro atoms. The van der Waals surface area contributed by atoms with Gasteiger partial charge in [-0.1, -0.05) is 13.8 Å². The highest BCUT2D eigenvalue weighted by atomic mass is 16.5. The summed E-state index contributed by atoms with van der Waals surface area (Å²) in [6, 6.07) is -0.475. The highest BCUT2D eigenvalue weighted by Gasteiger charge is 2.37. The molecule has 2 fully saturated rings. The van der Waals surface area contributed by atoms with E-state index in [9.17, 15) is 9.59 Å². The van der Waals surface area contributed by atoms with Crippen LogP contribution in [-0.4, -0.2) is 47.6 Å². The molecular formula is C15H26N2O3. The Hall–Kier alpha value is -1.10. The zero-order valence-electron chi connectivity index (χ0n) is 12.9. The van der Waals surface area contributed by atoms with E-state index >= 15 is 0 Å². The van der Waals surface area contributed by atoms with E-state index in [1.807, 2.05) is 25.7 Å². The molecular weight excluding hydrogens is 256 g/mol. The minimum Gasteiger partial charge on any atom is -0.373 e. The van der Waals surface area contributed by atoms with Gasteiger partial charge in [0.2, 0.25) is 11.8 Å². The number of carbonyl (C=O) groups excluding carboxylic acids is 2. The molecule has 4 unspecified atom stereocenters. The molecule has 0 aromatic heterocycles. The van der Waals surface area contributed by atoms with E-state index in [-0.39, 0.29) is 36.0 Å². The van der Waals surface area contributed by atoms with Gasteiger partial charge in [0.1, 0.15) is 6.04 Å². The van der Waals surface area contributed by atoms with Crippen LogP contribution in [0.15, 0.2) is 0 Å². The van der Waals surface area contributed by atoms with Gasteiger partial charge < -0.3 is 15.0 Å². The maximum Gasteiger partial charge on any atom is 0.245 e. The Kier molecular flexibility index (Phi) is 4.68. The summed E-state index contributed by atoms with van der Waals surface area (Å²) in [6.07, 6.45) is 2.80. The molecule has 0 aliphatic carbocycles. The highest BCUT2D eigenvalue weighted by Crippen LogP contribution is 2.23. The molecule has 4 atom stereocenters. The monoisotopic (exact) mass is 282 g/mol. The predicted octanol–water partition coefficient (Wildman–Crippen LogP) is 1.32. The highest BCUT2D eigenvalue weighted by molar-refractivity contribution is 5.90. The minimum absolute atomic E-state index is 0.0292. The molecule has 5 nitrogen and oxygen atoms in total. The van der Waals surface area contributed by atoms with Crippen molar-refractivity contribution in [3.05, 3.63) is 0 Å². The molecule has 0 bridgehead atoms. The molecule has 0 saturated carbocycles. The average molecular weight is 282 g/mol. The summed E-state index contributed by atoms with van der Waals surface area (Å²) in [6.45, 7) is 8.53. The van der Waals surface area contributed by atoms with Crippen molar-refractivity contribution in [2.75, 3.05) is 6.54 Å². The SMILES string of the molecule is CC1CCC(CN2C(=O)C(C(C)C)NC(=O)CC2C)O1. The summed E-state index contributed by atoms with van der Waals surface area (Å²) in [5.41, 5.74) is 0. The van der Waals surface area contributed by atoms with Gasteiger partial charge in [0.25, 0.3) is 0 Å². The summed E-state index contributed by atoms with van der Waals surface area (Å²) >= 11 is 0. The van der Waals surface area contributed by atoms with Crippen LogP contribution >= 0.6 is 0 Å². The number of ether oxygens (including phenoxy) is 1. The van der Waals surface area contributed by atoms with E-state index in [4.69, 9.17) is 4.74 Å². The van der Waals surface area contributed by atoms with E-state index in [1.165, 1.54) is 0 Å². The summed E-state index contributed by atoms with van der Waals surface area (Å²) in [5, 5.41) is 2.85. The Morgan fingerprint density at radius 3 is 2.55 bits per heavy atom. The predicted molar refractivity (Wildman–Crippen MR) is 76.1 cm³/mol. The van der Waals surface area contributed by atoms with Gasteiger partial charge in [-0.2, -0.15) is 0 Å². The Balaban J connectivity index is 2.10. The first-order valence-corrected chi connectivity index (χ1v) is 7.63. The maximum absolute atomic E-state index is 12.7. The number of amides is 2. The lowest BCUT2D eigenvalue weighted by Gasteiger charge is -2.31. The van der Waals surface area contributed by atoms with E-state index in [1.54, 1.807) is 0 Å². The van der Waals surface area contributed by atoms with Crippen LogP contribution in [0.2, 0.25) is 0 Å². The third-order valence-electron chi connectivity index (χ3n) is 4.27. The third-order valence-corrected chi connectivity index (χ3v) is 4.27. The minimum atomic E-state index is -0.411. The first-order valence-electron chi connectivity index (χ1n) is 7.63. The molecule has 2 aliphatic rings. The van der Waals surface area contributed by atoms with Gasteiger partial charge >= 0.3 is 0 Å². The van der Waals surface area contributed by atoms with Crippen molar-refractivity contribution in [1.82, 2.24) is 10.2 Å². The molecule has 2 aliphatic heterocycles. The average Bonchev–Trinajstić information content (AvgIpc) is 2.73. The molecule has 2 rings (SSSR count).